The summed E-state index contributed by atoms with van der Waals surface area (Å²) in [4.78, 5) is 13.6. The lowest BCUT2D eigenvalue weighted by Gasteiger charge is -2.30. The molecule has 1 aliphatic rings. The van der Waals surface area contributed by atoms with Crippen molar-refractivity contribution >= 4 is 12.1 Å². The zero-order chi connectivity index (χ0) is 14.1. The van der Waals surface area contributed by atoms with E-state index in [0.717, 1.165) is 45.3 Å². The molecule has 5 heteroatoms. The van der Waals surface area contributed by atoms with Crippen molar-refractivity contribution < 1.29 is 9.90 Å². The molecule has 5 nitrogen and oxygen atoms in total. The Morgan fingerprint density at radius 2 is 2.37 bits per heavy atom. The van der Waals surface area contributed by atoms with Gasteiger partial charge in [0.1, 0.15) is 0 Å². The number of likely N-dealkylation sites (tertiary alicyclic amines) is 1. The number of hydrazone groups is 1. The number of carbonyl (C=O) groups excluding carboxylic acids is 1. The van der Waals surface area contributed by atoms with Crippen LogP contribution in [0, 0.1) is 0 Å². The molecule has 1 saturated heterocycles. The summed E-state index contributed by atoms with van der Waals surface area (Å²) in [7, 11) is 0. The van der Waals surface area contributed by atoms with Gasteiger partial charge >= 0.3 is 0 Å². The van der Waals surface area contributed by atoms with Gasteiger partial charge in [-0.3, -0.25) is 4.79 Å². The molecule has 0 aromatic rings. The van der Waals surface area contributed by atoms with Gasteiger partial charge < -0.3 is 10.0 Å². The SMILES string of the molecule is C=C/C=N\N(CCCCN1CCCC(O)C1)C(C)=O. The molecule has 1 fully saturated rings. The highest BCUT2D eigenvalue weighted by molar-refractivity contribution is 5.76. The van der Waals surface area contributed by atoms with Crippen molar-refractivity contribution in [2.45, 2.75) is 38.7 Å². The topological polar surface area (TPSA) is 56.1 Å². The number of nitrogens with zero attached hydrogens (tertiary/aromatic N) is 3. The third-order valence-corrected chi connectivity index (χ3v) is 3.25. The van der Waals surface area contributed by atoms with Crippen LogP contribution < -0.4 is 0 Å². The van der Waals surface area contributed by atoms with Crippen LogP contribution in [0.25, 0.3) is 0 Å². The van der Waals surface area contributed by atoms with E-state index in [0.29, 0.717) is 6.54 Å². The minimum absolute atomic E-state index is 0.0495. The Morgan fingerprint density at radius 3 is 3.00 bits per heavy atom. The predicted molar refractivity (Wildman–Crippen MR) is 77.0 cm³/mol. The maximum absolute atomic E-state index is 11.3. The fourth-order valence-electron chi connectivity index (χ4n) is 2.26. The van der Waals surface area contributed by atoms with E-state index in [9.17, 15) is 9.90 Å². The van der Waals surface area contributed by atoms with Gasteiger partial charge in [0, 0.05) is 26.2 Å². The van der Waals surface area contributed by atoms with Crippen molar-refractivity contribution in [3.8, 4) is 0 Å². The highest BCUT2D eigenvalue weighted by Gasteiger charge is 2.16. The highest BCUT2D eigenvalue weighted by Crippen LogP contribution is 2.10. The van der Waals surface area contributed by atoms with Crippen LogP contribution in [0.5, 0.6) is 0 Å². The maximum atomic E-state index is 11.3. The molecule has 1 aliphatic heterocycles. The molecule has 1 amide bonds. The first-order valence-electron chi connectivity index (χ1n) is 6.97. The Morgan fingerprint density at radius 1 is 1.58 bits per heavy atom. The first kappa shape index (κ1) is 15.9. The molecule has 0 aromatic heterocycles. The Bertz CT molecular complexity index is 318. The highest BCUT2D eigenvalue weighted by atomic mass is 16.3. The molecular weight excluding hydrogens is 242 g/mol. The van der Waals surface area contributed by atoms with Crippen LogP contribution in [0.4, 0.5) is 0 Å². The van der Waals surface area contributed by atoms with Gasteiger partial charge in [0.05, 0.1) is 6.10 Å². The van der Waals surface area contributed by atoms with Crippen LogP contribution in [0.3, 0.4) is 0 Å². The average Bonchev–Trinajstić information content (AvgIpc) is 2.37. The van der Waals surface area contributed by atoms with Gasteiger partial charge in [0.2, 0.25) is 5.91 Å². The summed E-state index contributed by atoms with van der Waals surface area (Å²) in [6.07, 6.45) is 6.85. The smallest absolute Gasteiger partial charge is 0.239 e. The molecule has 108 valence electrons. The van der Waals surface area contributed by atoms with E-state index in [1.807, 2.05) is 0 Å². The fourth-order valence-corrected chi connectivity index (χ4v) is 2.26. The molecule has 0 aromatic carbocycles. The summed E-state index contributed by atoms with van der Waals surface area (Å²) in [6.45, 7) is 8.52. The van der Waals surface area contributed by atoms with Crippen molar-refractivity contribution in [3.63, 3.8) is 0 Å². The van der Waals surface area contributed by atoms with E-state index >= 15 is 0 Å². The summed E-state index contributed by atoms with van der Waals surface area (Å²) in [6, 6.07) is 0. The van der Waals surface area contributed by atoms with E-state index in [2.05, 4.69) is 16.6 Å². The van der Waals surface area contributed by atoms with Gasteiger partial charge in [0.25, 0.3) is 0 Å². The largest absolute Gasteiger partial charge is 0.392 e. The zero-order valence-corrected chi connectivity index (χ0v) is 11.8. The lowest BCUT2D eigenvalue weighted by Crippen LogP contribution is -2.38. The minimum atomic E-state index is -0.167. The summed E-state index contributed by atoms with van der Waals surface area (Å²) in [5, 5.41) is 15.1. The number of hydrogen-bond acceptors (Lipinski definition) is 4. The Kier molecular flexibility index (Phi) is 7.36. The quantitative estimate of drug-likeness (QED) is 0.429. The molecule has 1 unspecified atom stereocenters. The Labute approximate surface area is 115 Å². The molecule has 0 spiro atoms. The number of aliphatic hydroxyl groups is 1. The Balaban J connectivity index is 2.19. The number of rotatable bonds is 7. The van der Waals surface area contributed by atoms with Crippen LogP contribution >= 0.6 is 0 Å². The van der Waals surface area contributed by atoms with Crippen molar-refractivity contribution in [2.75, 3.05) is 26.2 Å². The minimum Gasteiger partial charge on any atom is -0.392 e. The number of amides is 1. The van der Waals surface area contributed by atoms with Crippen molar-refractivity contribution in [3.05, 3.63) is 12.7 Å². The molecule has 1 atom stereocenters. The molecule has 0 saturated carbocycles. The third-order valence-electron chi connectivity index (χ3n) is 3.25. The van der Waals surface area contributed by atoms with Crippen molar-refractivity contribution in [2.24, 2.45) is 5.10 Å². The summed E-state index contributed by atoms with van der Waals surface area (Å²) in [5.74, 6) is -0.0495. The van der Waals surface area contributed by atoms with Crippen LogP contribution in [-0.4, -0.2) is 59.4 Å². The average molecular weight is 267 g/mol. The van der Waals surface area contributed by atoms with E-state index in [1.54, 1.807) is 6.08 Å². The summed E-state index contributed by atoms with van der Waals surface area (Å²) >= 11 is 0. The van der Waals surface area contributed by atoms with Crippen LogP contribution in [0.15, 0.2) is 17.8 Å². The standard InChI is InChI=1S/C14H25N3O2/c1-3-8-15-17(13(2)18)11-5-4-9-16-10-6-7-14(19)12-16/h3,8,14,19H,1,4-7,9-12H2,2H3/b15-8-. The maximum Gasteiger partial charge on any atom is 0.239 e. The van der Waals surface area contributed by atoms with Gasteiger partial charge in [0.15, 0.2) is 0 Å². The van der Waals surface area contributed by atoms with Crippen LogP contribution in [-0.2, 0) is 4.79 Å². The molecule has 0 bridgehead atoms. The fraction of sp³-hybridized carbons (Fsp3) is 0.714. The van der Waals surface area contributed by atoms with Crippen LogP contribution in [0.1, 0.15) is 32.6 Å². The van der Waals surface area contributed by atoms with Crippen LogP contribution in [0.2, 0.25) is 0 Å². The summed E-state index contributed by atoms with van der Waals surface area (Å²) < 4.78 is 0. The van der Waals surface area contributed by atoms with Gasteiger partial charge in [-0.1, -0.05) is 6.58 Å². The molecule has 0 radical (unpaired) electrons. The zero-order valence-electron chi connectivity index (χ0n) is 11.8. The van der Waals surface area contributed by atoms with Crippen molar-refractivity contribution in [1.82, 2.24) is 9.91 Å². The Hall–Kier alpha value is -1.20. The number of allylic oxidation sites excluding steroid dienone is 1. The predicted octanol–water partition coefficient (Wildman–Crippen LogP) is 1.24. The number of carbonyl (C=O) groups is 1. The van der Waals surface area contributed by atoms with E-state index in [-0.39, 0.29) is 12.0 Å². The second kappa shape index (κ2) is 8.82. The lowest BCUT2D eigenvalue weighted by molar-refractivity contribution is -0.128. The van der Waals surface area contributed by atoms with E-state index in [4.69, 9.17) is 0 Å². The first-order valence-corrected chi connectivity index (χ1v) is 6.97. The van der Waals surface area contributed by atoms with E-state index < -0.39 is 0 Å². The van der Waals surface area contributed by atoms with E-state index in [1.165, 1.54) is 18.1 Å². The monoisotopic (exact) mass is 267 g/mol. The van der Waals surface area contributed by atoms with Gasteiger partial charge in [-0.2, -0.15) is 5.10 Å². The molecular formula is C14H25N3O2. The summed E-state index contributed by atoms with van der Waals surface area (Å²) in [5.41, 5.74) is 0. The second-order valence-electron chi connectivity index (χ2n) is 4.95. The molecule has 1 N–H and O–H groups in total. The van der Waals surface area contributed by atoms with Crippen molar-refractivity contribution in [1.29, 1.82) is 0 Å². The molecule has 0 aliphatic carbocycles. The number of hydrogen-bond donors (Lipinski definition) is 1. The number of unbranched alkanes of at least 4 members (excludes halogenated alkanes) is 1. The van der Waals surface area contributed by atoms with Gasteiger partial charge in [-0.05, 0) is 44.8 Å². The second-order valence-corrected chi connectivity index (χ2v) is 4.95. The first-order chi connectivity index (χ1) is 9.13. The number of aliphatic hydroxyl groups excluding tert-OH is 1. The normalized spacial score (nSPS) is 20.6. The third kappa shape index (κ3) is 6.50. The molecule has 1 heterocycles. The number of β-amino-alcohol motifs (C(OH)–C–C–N with tert-alkyl or cyclic N) is 1. The number of piperidine rings is 1. The lowest BCUT2D eigenvalue weighted by atomic mass is 10.1. The van der Waals surface area contributed by atoms with Gasteiger partial charge in [-0.15, -0.1) is 0 Å². The van der Waals surface area contributed by atoms with Gasteiger partial charge in [-0.25, -0.2) is 5.01 Å². The molecule has 19 heavy (non-hydrogen) atoms. The molecule has 1 rings (SSSR count).